The molecule has 1 N–H and O–H groups in total. The molecule has 78 valence electrons. The van der Waals surface area contributed by atoms with Gasteiger partial charge in [0.2, 0.25) is 0 Å². The van der Waals surface area contributed by atoms with Gasteiger partial charge in [0.15, 0.2) is 0 Å². The molecule has 0 saturated heterocycles. The Balaban J connectivity index is 2.45. The first-order chi connectivity index (χ1) is 6.74. The molecule has 0 heterocycles. The maximum Gasteiger partial charge on any atom is 0.0104 e. The van der Waals surface area contributed by atoms with Gasteiger partial charge < -0.3 is 5.32 Å². The third kappa shape index (κ3) is 3.72. The molecule has 0 aliphatic heterocycles. The summed E-state index contributed by atoms with van der Waals surface area (Å²) >= 11 is 1.96. The lowest BCUT2D eigenvalue weighted by atomic mass is 10.2. The predicted molar refractivity (Wildman–Crippen MR) is 65.2 cm³/mol. The summed E-state index contributed by atoms with van der Waals surface area (Å²) in [5.41, 5.74) is 2.75. The number of nitrogens with one attached hydrogen (secondary N) is 1. The summed E-state index contributed by atoms with van der Waals surface area (Å²) in [5, 5.41) is 3.17. The molecule has 1 aromatic rings. The van der Waals surface area contributed by atoms with E-state index in [9.17, 15) is 0 Å². The maximum absolute atomic E-state index is 3.17. The van der Waals surface area contributed by atoms with Crippen molar-refractivity contribution >= 4 is 11.8 Å². The molecule has 0 bridgehead atoms. The van der Waals surface area contributed by atoms with E-state index in [1.165, 1.54) is 28.2 Å². The minimum atomic E-state index is 1.11. The van der Waals surface area contributed by atoms with Crippen molar-refractivity contribution in [3.05, 3.63) is 29.3 Å². The van der Waals surface area contributed by atoms with E-state index >= 15 is 0 Å². The molecule has 1 nitrogen and oxygen atoms in total. The molecule has 0 aliphatic carbocycles. The molecule has 2 heteroatoms. The van der Waals surface area contributed by atoms with Gasteiger partial charge in [-0.15, -0.1) is 11.8 Å². The van der Waals surface area contributed by atoms with Crippen LogP contribution in [-0.4, -0.2) is 19.3 Å². The Morgan fingerprint density at radius 1 is 1.29 bits per heavy atom. The van der Waals surface area contributed by atoms with Crippen LogP contribution in [0.15, 0.2) is 23.1 Å². The Hall–Kier alpha value is -0.470. The molecule has 0 unspecified atom stereocenters. The number of benzene rings is 1. The second kappa shape index (κ2) is 6.10. The molecule has 1 rings (SSSR count). The predicted octanol–water partition coefficient (Wildman–Crippen LogP) is 3.01. The molecule has 0 spiro atoms. The van der Waals surface area contributed by atoms with E-state index in [0.717, 1.165) is 6.54 Å². The number of aryl methyl sites for hydroxylation is 2. The Morgan fingerprint density at radius 2 is 2.07 bits per heavy atom. The maximum atomic E-state index is 3.17. The van der Waals surface area contributed by atoms with Crippen LogP contribution in [0, 0.1) is 13.8 Å². The van der Waals surface area contributed by atoms with Gasteiger partial charge in [-0.1, -0.05) is 17.7 Å². The molecule has 0 saturated carbocycles. The van der Waals surface area contributed by atoms with Crippen LogP contribution in [0.2, 0.25) is 0 Å². The number of hydrogen-bond donors (Lipinski definition) is 1. The smallest absolute Gasteiger partial charge is 0.0104 e. The molecule has 14 heavy (non-hydrogen) atoms. The number of hydrogen-bond acceptors (Lipinski definition) is 2. The lowest BCUT2D eigenvalue weighted by molar-refractivity contribution is 0.778. The molecular weight excluding hydrogens is 190 g/mol. The fourth-order valence-corrected chi connectivity index (χ4v) is 2.37. The van der Waals surface area contributed by atoms with Crippen LogP contribution in [0.25, 0.3) is 0 Å². The van der Waals surface area contributed by atoms with E-state index in [2.05, 4.69) is 37.4 Å². The van der Waals surface area contributed by atoms with Gasteiger partial charge >= 0.3 is 0 Å². The summed E-state index contributed by atoms with van der Waals surface area (Å²) in [6, 6.07) is 6.65. The number of rotatable bonds is 5. The van der Waals surface area contributed by atoms with E-state index in [0.29, 0.717) is 0 Å². The van der Waals surface area contributed by atoms with Crippen molar-refractivity contribution in [3.8, 4) is 0 Å². The Bertz CT molecular complexity index is 284. The van der Waals surface area contributed by atoms with Crippen LogP contribution >= 0.6 is 11.8 Å². The molecule has 0 amide bonds. The second-order valence-electron chi connectivity index (χ2n) is 3.57. The third-order valence-corrected chi connectivity index (χ3v) is 3.42. The molecule has 1 aromatic carbocycles. The molecule has 0 aromatic heterocycles. The van der Waals surface area contributed by atoms with Crippen molar-refractivity contribution in [2.24, 2.45) is 0 Å². The van der Waals surface area contributed by atoms with Crippen molar-refractivity contribution in [2.45, 2.75) is 25.2 Å². The summed E-state index contributed by atoms with van der Waals surface area (Å²) in [4.78, 5) is 1.43. The van der Waals surface area contributed by atoms with E-state index in [1.54, 1.807) is 0 Å². The van der Waals surface area contributed by atoms with E-state index < -0.39 is 0 Å². The van der Waals surface area contributed by atoms with Gasteiger partial charge in [0.25, 0.3) is 0 Å². The Morgan fingerprint density at radius 3 is 2.79 bits per heavy atom. The van der Waals surface area contributed by atoms with Crippen LogP contribution in [0.3, 0.4) is 0 Å². The zero-order chi connectivity index (χ0) is 10.4. The first kappa shape index (κ1) is 11.6. The largest absolute Gasteiger partial charge is 0.320 e. The Kier molecular flexibility index (Phi) is 5.05. The quantitative estimate of drug-likeness (QED) is 0.591. The fraction of sp³-hybridized carbons (Fsp3) is 0.500. The summed E-state index contributed by atoms with van der Waals surface area (Å²) in [6.07, 6.45) is 1.23. The van der Waals surface area contributed by atoms with Gasteiger partial charge in [0, 0.05) is 4.90 Å². The number of thioether (sulfide) groups is 1. The van der Waals surface area contributed by atoms with Crippen LogP contribution in [-0.2, 0) is 0 Å². The van der Waals surface area contributed by atoms with Crippen molar-refractivity contribution in [2.75, 3.05) is 19.3 Å². The lowest BCUT2D eigenvalue weighted by Crippen LogP contribution is -2.08. The highest BCUT2D eigenvalue weighted by atomic mass is 32.2. The molecule has 0 radical (unpaired) electrons. The van der Waals surface area contributed by atoms with Crippen LogP contribution in [0.4, 0.5) is 0 Å². The van der Waals surface area contributed by atoms with Crippen molar-refractivity contribution < 1.29 is 0 Å². The standard InChI is InChI=1S/C12H19NS/c1-10-5-6-11(2)12(9-10)14-8-4-7-13-3/h5-6,9,13H,4,7-8H2,1-3H3. The molecular formula is C12H19NS. The average molecular weight is 209 g/mol. The van der Waals surface area contributed by atoms with Crippen LogP contribution in [0.5, 0.6) is 0 Å². The minimum Gasteiger partial charge on any atom is -0.320 e. The van der Waals surface area contributed by atoms with Gasteiger partial charge in [-0.25, -0.2) is 0 Å². The van der Waals surface area contributed by atoms with Gasteiger partial charge in [0.1, 0.15) is 0 Å². The van der Waals surface area contributed by atoms with Gasteiger partial charge in [-0.2, -0.15) is 0 Å². The van der Waals surface area contributed by atoms with E-state index in [4.69, 9.17) is 0 Å². The Labute approximate surface area is 91.3 Å². The van der Waals surface area contributed by atoms with Gasteiger partial charge in [-0.3, -0.25) is 0 Å². The first-order valence-electron chi connectivity index (χ1n) is 5.08. The van der Waals surface area contributed by atoms with Gasteiger partial charge in [0.05, 0.1) is 0 Å². The highest BCUT2D eigenvalue weighted by Crippen LogP contribution is 2.23. The highest BCUT2D eigenvalue weighted by molar-refractivity contribution is 7.99. The second-order valence-corrected chi connectivity index (χ2v) is 4.71. The summed E-state index contributed by atoms with van der Waals surface area (Å²) in [6.45, 7) is 5.44. The molecule has 0 fully saturated rings. The summed E-state index contributed by atoms with van der Waals surface area (Å²) < 4.78 is 0. The van der Waals surface area contributed by atoms with Crippen molar-refractivity contribution in [3.63, 3.8) is 0 Å². The molecule has 0 aliphatic rings. The van der Waals surface area contributed by atoms with Crippen molar-refractivity contribution in [1.29, 1.82) is 0 Å². The van der Waals surface area contributed by atoms with Crippen molar-refractivity contribution in [1.82, 2.24) is 5.32 Å². The molecule has 0 atom stereocenters. The summed E-state index contributed by atoms with van der Waals surface area (Å²) in [7, 11) is 2.00. The van der Waals surface area contributed by atoms with E-state index in [1.807, 2.05) is 18.8 Å². The SMILES string of the molecule is CNCCCSc1cc(C)ccc1C. The zero-order valence-electron chi connectivity index (χ0n) is 9.26. The highest BCUT2D eigenvalue weighted by Gasteiger charge is 1.98. The van der Waals surface area contributed by atoms with E-state index in [-0.39, 0.29) is 0 Å². The lowest BCUT2D eigenvalue weighted by Gasteiger charge is -2.06. The monoisotopic (exact) mass is 209 g/mol. The average Bonchev–Trinajstić information content (AvgIpc) is 2.18. The normalized spacial score (nSPS) is 10.5. The minimum absolute atomic E-state index is 1.11. The third-order valence-electron chi connectivity index (χ3n) is 2.17. The van der Waals surface area contributed by atoms with Crippen LogP contribution < -0.4 is 5.32 Å². The zero-order valence-corrected chi connectivity index (χ0v) is 10.1. The van der Waals surface area contributed by atoms with Gasteiger partial charge in [-0.05, 0) is 51.2 Å². The summed E-state index contributed by atoms with van der Waals surface area (Å²) in [5.74, 6) is 1.20. The first-order valence-corrected chi connectivity index (χ1v) is 6.07. The topological polar surface area (TPSA) is 12.0 Å². The van der Waals surface area contributed by atoms with Crippen LogP contribution in [0.1, 0.15) is 17.5 Å². The fourth-order valence-electron chi connectivity index (χ4n) is 1.29.